The summed E-state index contributed by atoms with van der Waals surface area (Å²) < 4.78 is 0. The minimum Gasteiger partial charge on any atom is -0.507 e. The van der Waals surface area contributed by atoms with E-state index in [4.69, 9.17) is 11.1 Å². The summed E-state index contributed by atoms with van der Waals surface area (Å²) >= 11 is 0. The van der Waals surface area contributed by atoms with Gasteiger partial charge in [-0.05, 0) is 57.0 Å². The fraction of sp³-hybridized carbons (Fsp3) is 0.333. The number of anilines is 1. The van der Waals surface area contributed by atoms with Gasteiger partial charge in [0.15, 0.2) is 0 Å². The molecule has 5 N–H and O–H groups in total. The molecule has 164 valence electrons. The molecule has 0 amide bonds. The fourth-order valence-electron chi connectivity index (χ4n) is 3.67. The maximum Gasteiger partial charge on any atom is 0.125 e. The minimum absolute atomic E-state index is 0.138. The lowest BCUT2D eigenvalue weighted by atomic mass is 10.0. The zero-order valence-corrected chi connectivity index (χ0v) is 18.1. The third kappa shape index (κ3) is 6.08. The molecule has 0 unspecified atom stereocenters. The zero-order valence-electron chi connectivity index (χ0n) is 18.1. The summed E-state index contributed by atoms with van der Waals surface area (Å²) in [6, 6.07) is 14.6. The van der Waals surface area contributed by atoms with E-state index in [-0.39, 0.29) is 11.8 Å². The van der Waals surface area contributed by atoms with Crippen molar-refractivity contribution < 1.29 is 10.3 Å². The van der Waals surface area contributed by atoms with Crippen LogP contribution in [-0.4, -0.2) is 52.6 Å². The van der Waals surface area contributed by atoms with Gasteiger partial charge < -0.3 is 15.7 Å². The van der Waals surface area contributed by atoms with Crippen LogP contribution in [0.3, 0.4) is 0 Å². The normalized spacial score (nSPS) is 15.8. The predicted molar refractivity (Wildman–Crippen MR) is 126 cm³/mol. The molecule has 2 aromatic carbocycles. The van der Waals surface area contributed by atoms with Crippen LogP contribution >= 0.6 is 0 Å². The maximum absolute atomic E-state index is 10.3. The van der Waals surface area contributed by atoms with Gasteiger partial charge in [0, 0.05) is 24.2 Å². The number of likely N-dealkylation sites (tertiary alicyclic amines) is 1. The molecule has 1 heterocycles. The molecule has 0 atom stereocenters. The van der Waals surface area contributed by atoms with Crippen LogP contribution < -0.4 is 10.8 Å². The lowest BCUT2D eigenvalue weighted by Gasteiger charge is -2.31. The van der Waals surface area contributed by atoms with E-state index in [1.54, 1.807) is 19.1 Å². The van der Waals surface area contributed by atoms with Gasteiger partial charge >= 0.3 is 0 Å². The molecule has 0 saturated carbocycles. The first-order chi connectivity index (χ1) is 14.8. The number of amidine groups is 2. The highest BCUT2D eigenvalue weighted by Gasteiger charge is 2.19. The summed E-state index contributed by atoms with van der Waals surface area (Å²) in [7, 11) is 0. The van der Waals surface area contributed by atoms with E-state index >= 15 is 0 Å². The van der Waals surface area contributed by atoms with Gasteiger partial charge in [0.25, 0.3) is 0 Å². The summed E-state index contributed by atoms with van der Waals surface area (Å²) in [4.78, 5) is 6.73. The molecule has 3 rings (SSSR count). The van der Waals surface area contributed by atoms with Crippen molar-refractivity contribution in [1.82, 2.24) is 4.90 Å². The van der Waals surface area contributed by atoms with Crippen molar-refractivity contribution in [2.45, 2.75) is 32.7 Å². The molecule has 0 bridgehead atoms. The lowest BCUT2D eigenvalue weighted by Crippen LogP contribution is -2.38. The maximum atomic E-state index is 10.3. The van der Waals surface area contributed by atoms with Gasteiger partial charge in [0.1, 0.15) is 11.6 Å². The highest BCUT2D eigenvalue weighted by molar-refractivity contribution is 5.98. The number of aromatic hydroxyl groups is 1. The number of para-hydroxylation sites is 1. The summed E-state index contributed by atoms with van der Waals surface area (Å²) in [6.07, 6.45) is 3.57. The van der Waals surface area contributed by atoms with Crippen molar-refractivity contribution in [3.63, 3.8) is 0 Å². The molecule has 0 aliphatic carbocycles. The Bertz CT molecular complexity index is 963. The number of phenols is 1. The van der Waals surface area contributed by atoms with Gasteiger partial charge in [-0.15, -0.1) is 0 Å². The number of hydrogen-bond acceptors (Lipinski definition) is 5. The number of nitrogens with one attached hydrogen (secondary N) is 1. The molecule has 0 aromatic heterocycles. The highest BCUT2D eigenvalue weighted by atomic mass is 16.5. The van der Waals surface area contributed by atoms with Crippen LogP contribution in [-0.2, 0) is 0 Å². The number of aliphatic imine (C=N–C) groups is 1. The van der Waals surface area contributed by atoms with E-state index in [1.807, 2.05) is 54.3 Å². The Kier molecular flexibility index (Phi) is 7.31. The minimum atomic E-state index is 0.138. The molecular weight excluding hydrogens is 390 g/mol. The van der Waals surface area contributed by atoms with Crippen molar-refractivity contribution in [3.8, 4) is 5.75 Å². The van der Waals surface area contributed by atoms with Gasteiger partial charge in [-0.25, -0.2) is 0 Å². The highest BCUT2D eigenvalue weighted by Crippen LogP contribution is 2.23. The number of benzene rings is 2. The van der Waals surface area contributed by atoms with Crippen LogP contribution in [0.4, 0.5) is 5.69 Å². The number of rotatable bonds is 6. The molecule has 7 heteroatoms. The van der Waals surface area contributed by atoms with Crippen molar-refractivity contribution in [2.24, 2.45) is 10.7 Å². The van der Waals surface area contributed by atoms with Crippen LogP contribution in [0.1, 0.15) is 37.8 Å². The molecule has 0 spiro atoms. The monoisotopic (exact) mass is 421 g/mol. The van der Waals surface area contributed by atoms with Gasteiger partial charge in [0.2, 0.25) is 0 Å². The third-order valence-electron chi connectivity index (χ3n) is 5.44. The molecule has 1 saturated heterocycles. The van der Waals surface area contributed by atoms with Crippen LogP contribution in [0.15, 0.2) is 59.1 Å². The average Bonchev–Trinajstić information content (AvgIpc) is 2.76. The number of nitrogens with two attached hydrogens (primary N) is 1. The first-order valence-electron chi connectivity index (χ1n) is 10.5. The molecule has 1 aliphatic rings. The third-order valence-corrected chi connectivity index (χ3v) is 5.44. The second-order valence-corrected chi connectivity index (χ2v) is 7.98. The van der Waals surface area contributed by atoms with Gasteiger partial charge in [-0.1, -0.05) is 29.8 Å². The standard InChI is InChI=1S/C24H31N5O2/c1-17(16-29(31)22-6-4-3-5-7-22)14-20-15-19(8-9-23(20)30)24(26)27-21-10-12-28(13-11-21)18(2)25/h3-9,14-15,21,25,30-31H,10-13,16H2,1-2H3,(H2,26,27)/b17-14+,25-18?. The smallest absolute Gasteiger partial charge is 0.125 e. The largest absolute Gasteiger partial charge is 0.507 e. The molecule has 2 aromatic rings. The van der Waals surface area contributed by atoms with Crippen LogP contribution in [0.25, 0.3) is 6.08 Å². The quantitative estimate of drug-likeness (QED) is 0.322. The van der Waals surface area contributed by atoms with E-state index < -0.39 is 0 Å². The molecular formula is C24H31N5O2. The first-order valence-corrected chi connectivity index (χ1v) is 10.5. The Morgan fingerprint density at radius 2 is 1.87 bits per heavy atom. The van der Waals surface area contributed by atoms with Crippen molar-refractivity contribution in [1.29, 1.82) is 5.41 Å². The number of nitrogens with zero attached hydrogens (tertiary/aromatic N) is 3. The average molecular weight is 422 g/mol. The number of hydroxylamine groups is 1. The van der Waals surface area contributed by atoms with Crippen LogP contribution in [0, 0.1) is 5.41 Å². The Balaban J connectivity index is 1.70. The van der Waals surface area contributed by atoms with Gasteiger partial charge in [0.05, 0.1) is 24.1 Å². The Morgan fingerprint density at radius 3 is 2.52 bits per heavy atom. The molecule has 7 nitrogen and oxygen atoms in total. The molecule has 31 heavy (non-hydrogen) atoms. The van der Waals surface area contributed by atoms with Gasteiger partial charge in [-0.3, -0.25) is 20.7 Å². The summed E-state index contributed by atoms with van der Waals surface area (Å²) in [5.41, 5.74) is 9.24. The fourth-order valence-corrected chi connectivity index (χ4v) is 3.67. The van der Waals surface area contributed by atoms with Gasteiger partial charge in [-0.2, -0.15) is 0 Å². The molecule has 1 fully saturated rings. The van der Waals surface area contributed by atoms with E-state index in [1.165, 1.54) is 5.06 Å². The summed E-state index contributed by atoms with van der Waals surface area (Å²) in [5, 5.41) is 29.5. The predicted octanol–water partition coefficient (Wildman–Crippen LogP) is 3.86. The van der Waals surface area contributed by atoms with E-state index in [0.29, 0.717) is 29.5 Å². The van der Waals surface area contributed by atoms with Crippen molar-refractivity contribution >= 4 is 23.4 Å². The summed E-state index contributed by atoms with van der Waals surface area (Å²) in [5.74, 6) is 1.19. The lowest BCUT2D eigenvalue weighted by molar-refractivity contribution is 0.264. The molecule has 1 aliphatic heterocycles. The zero-order chi connectivity index (χ0) is 22.4. The number of hydrogen-bond donors (Lipinski definition) is 4. The number of piperidine rings is 1. The Hall–Kier alpha value is -3.32. The molecule has 0 radical (unpaired) electrons. The van der Waals surface area contributed by atoms with E-state index in [0.717, 1.165) is 37.1 Å². The van der Waals surface area contributed by atoms with Crippen molar-refractivity contribution in [3.05, 3.63) is 65.2 Å². The topological polar surface area (TPSA) is 109 Å². The van der Waals surface area contributed by atoms with Crippen molar-refractivity contribution in [2.75, 3.05) is 24.7 Å². The van der Waals surface area contributed by atoms with E-state index in [2.05, 4.69) is 4.99 Å². The van der Waals surface area contributed by atoms with Crippen LogP contribution in [0.2, 0.25) is 0 Å². The Labute approximate surface area is 183 Å². The number of phenolic OH excluding ortho intramolecular Hbond substituents is 1. The van der Waals surface area contributed by atoms with E-state index in [9.17, 15) is 10.3 Å². The summed E-state index contributed by atoms with van der Waals surface area (Å²) in [6.45, 7) is 5.65. The van der Waals surface area contributed by atoms with Crippen LogP contribution in [0.5, 0.6) is 5.75 Å². The second kappa shape index (κ2) is 10.1. The Morgan fingerprint density at radius 1 is 1.19 bits per heavy atom. The second-order valence-electron chi connectivity index (χ2n) is 7.98. The SMILES string of the molecule is CC(=N)N1CCC(N=C(N)c2ccc(O)c(/C=C(\C)CN(O)c3ccccc3)c2)CC1. The first kappa shape index (κ1) is 22.4.